The van der Waals surface area contributed by atoms with Crippen LogP contribution in [0.4, 0.5) is 0 Å². The summed E-state index contributed by atoms with van der Waals surface area (Å²) in [5.41, 5.74) is 6.65. The zero-order valence-corrected chi connectivity index (χ0v) is 10.3. The Kier molecular flexibility index (Phi) is 5.76. The van der Waals surface area contributed by atoms with Crippen LogP contribution < -0.4 is 20.5 Å². The summed E-state index contributed by atoms with van der Waals surface area (Å²) >= 11 is 0. The Bertz CT molecular complexity index is 345. The largest absolute Gasteiger partial charge is 0.497 e. The fourth-order valence-corrected chi connectivity index (χ4v) is 1.67. The monoisotopic (exact) mass is 240 g/mol. The minimum absolute atomic E-state index is 0.0628. The summed E-state index contributed by atoms with van der Waals surface area (Å²) in [7, 11) is 3.23. The maximum absolute atomic E-state index is 8.83. The van der Waals surface area contributed by atoms with Gasteiger partial charge >= 0.3 is 0 Å². The van der Waals surface area contributed by atoms with Crippen molar-refractivity contribution in [1.29, 1.82) is 0 Å². The van der Waals surface area contributed by atoms with Gasteiger partial charge in [0.25, 0.3) is 0 Å². The van der Waals surface area contributed by atoms with Gasteiger partial charge in [0.05, 0.1) is 20.8 Å². The van der Waals surface area contributed by atoms with Crippen molar-refractivity contribution in [3.8, 4) is 11.5 Å². The molecule has 96 valence electrons. The van der Waals surface area contributed by atoms with Crippen LogP contribution in [0, 0.1) is 0 Å². The third kappa shape index (κ3) is 3.59. The molecule has 1 rings (SSSR count). The number of ether oxygens (including phenoxy) is 2. The molecule has 0 saturated carbocycles. The molecule has 1 aromatic carbocycles. The van der Waals surface area contributed by atoms with Crippen LogP contribution in [-0.2, 0) is 0 Å². The number of hydrogen-bond acceptors (Lipinski definition) is 5. The number of aliphatic hydroxyl groups excluding tert-OH is 1. The number of rotatable bonds is 7. The predicted octanol–water partition coefficient (Wildman–Crippen LogP) is 0.286. The number of aliphatic hydroxyl groups is 1. The van der Waals surface area contributed by atoms with Gasteiger partial charge in [0.15, 0.2) is 0 Å². The minimum Gasteiger partial charge on any atom is -0.497 e. The standard InChI is InChI=1S/C12H20N2O3/c1-16-9-3-4-12(17-2)10(7-9)11(8-13)14-5-6-15/h3-4,7,11,14-15H,5-6,8,13H2,1-2H3. The second-order valence-corrected chi connectivity index (χ2v) is 3.57. The van der Waals surface area contributed by atoms with E-state index in [0.717, 1.165) is 17.1 Å². The first-order valence-corrected chi connectivity index (χ1v) is 5.53. The highest BCUT2D eigenvalue weighted by atomic mass is 16.5. The van der Waals surface area contributed by atoms with E-state index in [-0.39, 0.29) is 12.6 Å². The van der Waals surface area contributed by atoms with Gasteiger partial charge in [-0.05, 0) is 18.2 Å². The second-order valence-electron chi connectivity index (χ2n) is 3.57. The molecule has 0 aromatic heterocycles. The molecule has 1 unspecified atom stereocenters. The highest BCUT2D eigenvalue weighted by molar-refractivity contribution is 5.42. The third-order valence-corrected chi connectivity index (χ3v) is 2.55. The van der Waals surface area contributed by atoms with Crippen LogP contribution in [0.5, 0.6) is 11.5 Å². The van der Waals surface area contributed by atoms with Crippen LogP contribution in [0.15, 0.2) is 18.2 Å². The molecule has 0 spiro atoms. The summed E-state index contributed by atoms with van der Waals surface area (Å²) in [5.74, 6) is 1.51. The van der Waals surface area contributed by atoms with Gasteiger partial charge in [-0.3, -0.25) is 0 Å². The molecule has 5 heteroatoms. The lowest BCUT2D eigenvalue weighted by Crippen LogP contribution is -2.30. The molecule has 0 heterocycles. The molecule has 0 aliphatic carbocycles. The summed E-state index contributed by atoms with van der Waals surface area (Å²) in [6.45, 7) is 0.981. The van der Waals surface area contributed by atoms with Gasteiger partial charge in [-0.1, -0.05) is 0 Å². The molecular formula is C12H20N2O3. The molecule has 0 aliphatic rings. The van der Waals surface area contributed by atoms with Crippen LogP contribution in [-0.4, -0.2) is 39.0 Å². The molecule has 0 amide bonds. The van der Waals surface area contributed by atoms with Gasteiger partial charge in [-0.25, -0.2) is 0 Å². The molecule has 0 aliphatic heterocycles. The normalized spacial score (nSPS) is 12.2. The molecule has 1 aromatic rings. The minimum atomic E-state index is -0.0628. The molecule has 17 heavy (non-hydrogen) atoms. The van der Waals surface area contributed by atoms with Crippen LogP contribution in [0.1, 0.15) is 11.6 Å². The van der Waals surface area contributed by atoms with E-state index < -0.39 is 0 Å². The average molecular weight is 240 g/mol. The number of methoxy groups -OCH3 is 2. The smallest absolute Gasteiger partial charge is 0.123 e. The first kappa shape index (κ1) is 13.8. The Morgan fingerprint density at radius 3 is 2.65 bits per heavy atom. The quantitative estimate of drug-likeness (QED) is 0.638. The number of nitrogens with one attached hydrogen (secondary N) is 1. The van der Waals surface area contributed by atoms with E-state index in [0.29, 0.717) is 13.1 Å². The predicted molar refractivity (Wildman–Crippen MR) is 66.4 cm³/mol. The first-order chi connectivity index (χ1) is 8.26. The summed E-state index contributed by atoms with van der Waals surface area (Å²) in [6, 6.07) is 5.51. The van der Waals surface area contributed by atoms with Gasteiger partial charge in [-0.15, -0.1) is 0 Å². The highest BCUT2D eigenvalue weighted by Gasteiger charge is 2.15. The molecule has 0 saturated heterocycles. The average Bonchev–Trinajstić information content (AvgIpc) is 2.39. The molecule has 5 nitrogen and oxygen atoms in total. The molecule has 0 bridgehead atoms. The van der Waals surface area contributed by atoms with Crippen molar-refractivity contribution in [3.05, 3.63) is 23.8 Å². The summed E-state index contributed by atoms with van der Waals surface area (Å²) < 4.78 is 10.5. The van der Waals surface area contributed by atoms with Crippen LogP contribution in [0.25, 0.3) is 0 Å². The van der Waals surface area contributed by atoms with Crippen molar-refractivity contribution in [1.82, 2.24) is 5.32 Å². The zero-order chi connectivity index (χ0) is 12.7. The van der Waals surface area contributed by atoms with Gasteiger partial charge in [-0.2, -0.15) is 0 Å². The van der Waals surface area contributed by atoms with E-state index in [1.165, 1.54) is 0 Å². The van der Waals surface area contributed by atoms with Crippen molar-refractivity contribution in [3.63, 3.8) is 0 Å². The van der Waals surface area contributed by atoms with Gasteiger partial charge in [0.2, 0.25) is 0 Å². The van der Waals surface area contributed by atoms with Crippen molar-refractivity contribution in [2.24, 2.45) is 5.73 Å². The Balaban J connectivity index is 2.97. The van der Waals surface area contributed by atoms with Crippen LogP contribution >= 0.6 is 0 Å². The highest BCUT2D eigenvalue weighted by Crippen LogP contribution is 2.28. The van der Waals surface area contributed by atoms with Gasteiger partial charge < -0.3 is 25.6 Å². The van der Waals surface area contributed by atoms with Gasteiger partial charge in [0.1, 0.15) is 11.5 Å². The Hall–Kier alpha value is -1.30. The second kappa shape index (κ2) is 7.11. The molecule has 0 radical (unpaired) electrons. The Morgan fingerprint density at radius 2 is 2.12 bits per heavy atom. The third-order valence-electron chi connectivity index (χ3n) is 2.55. The topological polar surface area (TPSA) is 76.7 Å². The number of nitrogens with two attached hydrogens (primary N) is 1. The van der Waals surface area contributed by atoms with E-state index in [2.05, 4.69) is 5.32 Å². The maximum atomic E-state index is 8.83. The fourth-order valence-electron chi connectivity index (χ4n) is 1.67. The Morgan fingerprint density at radius 1 is 1.35 bits per heavy atom. The van der Waals surface area contributed by atoms with Crippen molar-refractivity contribution in [2.45, 2.75) is 6.04 Å². The zero-order valence-electron chi connectivity index (χ0n) is 10.3. The number of benzene rings is 1. The summed E-state index contributed by atoms with van der Waals surface area (Å²) in [5, 5.41) is 12.0. The van der Waals surface area contributed by atoms with Gasteiger partial charge in [0, 0.05) is 24.7 Å². The lowest BCUT2D eigenvalue weighted by molar-refractivity contribution is 0.284. The summed E-state index contributed by atoms with van der Waals surface area (Å²) in [4.78, 5) is 0. The van der Waals surface area contributed by atoms with Crippen molar-refractivity contribution < 1.29 is 14.6 Å². The van der Waals surface area contributed by atoms with E-state index in [1.807, 2.05) is 18.2 Å². The number of hydrogen-bond donors (Lipinski definition) is 3. The van der Waals surface area contributed by atoms with E-state index in [4.69, 9.17) is 20.3 Å². The maximum Gasteiger partial charge on any atom is 0.123 e. The lowest BCUT2D eigenvalue weighted by atomic mass is 10.1. The van der Waals surface area contributed by atoms with Crippen LogP contribution in [0.3, 0.4) is 0 Å². The van der Waals surface area contributed by atoms with Crippen LogP contribution in [0.2, 0.25) is 0 Å². The summed E-state index contributed by atoms with van der Waals surface area (Å²) in [6.07, 6.45) is 0. The Labute approximate surface area is 102 Å². The molecule has 4 N–H and O–H groups in total. The van der Waals surface area contributed by atoms with E-state index in [9.17, 15) is 0 Å². The SMILES string of the molecule is COc1ccc(OC)c(C(CN)NCCO)c1. The van der Waals surface area contributed by atoms with Crippen molar-refractivity contribution >= 4 is 0 Å². The van der Waals surface area contributed by atoms with Crippen molar-refractivity contribution in [2.75, 3.05) is 33.9 Å². The molecular weight excluding hydrogens is 220 g/mol. The van der Waals surface area contributed by atoms with E-state index >= 15 is 0 Å². The molecule has 1 atom stereocenters. The fraction of sp³-hybridized carbons (Fsp3) is 0.500. The van der Waals surface area contributed by atoms with E-state index in [1.54, 1.807) is 14.2 Å². The first-order valence-electron chi connectivity index (χ1n) is 5.53. The lowest BCUT2D eigenvalue weighted by Gasteiger charge is -2.20. The molecule has 0 fully saturated rings.